The molecule has 0 heterocycles. The lowest BCUT2D eigenvalue weighted by molar-refractivity contribution is -0.0513. The Kier molecular flexibility index (Phi) is 22.7. The van der Waals surface area contributed by atoms with E-state index in [1.807, 2.05) is 6.20 Å². The molecule has 0 saturated carbocycles. The van der Waals surface area contributed by atoms with Crippen molar-refractivity contribution in [2.75, 3.05) is 0 Å². The minimum absolute atomic E-state index is 0.647. The lowest BCUT2D eigenvalue weighted by atomic mass is 10.0. The van der Waals surface area contributed by atoms with Crippen molar-refractivity contribution in [2.24, 2.45) is 0 Å². The SMILES string of the molecule is CCCCCCCCCCCCCCCCCCCCCC=CN(C(C)O)C(C)O. The van der Waals surface area contributed by atoms with Gasteiger partial charge in [0.15, 0.2) is 0 Å². The number of unbranched alkanes of at least 4 members (excludes halogenated alkanes) is 19. The van der Waals surface area contributed by atoms with Gasteiger partial charge in [-0.25, -0.2) is 0 Å². The molecule has 3 heteroatoms. The number of aliphatic hydroxyl groups is 2. The Morgan fingerprint density at radius 1 is 0.533 bits per heavy atom. The van der Waals surface area contributed by atoms with Crippen LogP contribution in [-0.2, 0) is 0 Å². The van der Waals surface area contributed by atoms with Gasteiger partial charge < -0.3 is 15.1 Å². The summed E-state index contributed by atoms with van der Waals surface area (Å²) in [5.74, 6) is 0. The quantitative estimate of drug-likeness (QED) is 0.128. The van der Waals surface area contributed by atoms with E-state index in [0.717, 1.165) is 6.42 Å². The van der Waals surface area contributed by atoms with E-state index in [1.165, 1.54) is 122 Å². The van der Waals surface area contributed by atoms with Gasteiger partial charge in [0.05, 0.1) is 0 Å². The van der Waals surface area contributed by atoms with Crippen molar-refractivity contribution in [3.05, 3.63) is 12.3 Å². The van der Waals surface area contributed by atoms with E-state index in [2.05, 4.69) is 13.0 Å². The molecule has 2 N–H and O–H groups in total. The van der Waals surface area contributed by atoms with E-state index in [4.69, 9.17) is 0 Å². The highest BCUT2D eigenvalue weighted by atomic mass is 16.3. The average molecular weight is 426 g/mol. The van der Waals surface area contributed by atoms with Crippen LogP contribution in [-0.4, -0.2) is 27.6 Å². The molecule has 0 aliphatic carbocycles. The summed E-state index contributed by atoms with van der Waals surface area (Å²) in [6, 6.07) is 0. The van der Waals surface area contributed by atoms with Gasteiger partial charge >= 0.3 is 0 Å². The summed E-state index contributed by atoms with van der Waals surface area (Å²) in [6.07, 6.45) is 30.3. The maximum Gasteiger partial charge on any atom is 0.125 e. The van der Waals surface area contributed by atoms with Crippen molar-refractivity contribution < 1.29 is 10.2 Å². The normalized spacial score (nSPS) is 13.8. The minimum atomic E-state index is -0.647. The molecule has 0 aliphatic heterocycles. The van der Waals surface area contributed by atoms with Gasteiger partial charge in [0, 0.05) is 6.20 Å². The highest BCUT2D eigenvalue weighted by Gasteiger charge is 2.10. The van der Waals surface area contributed by atoms with Crippen LogP contribution >= 0.6 is 0 Å². The average Bonchev–Trinajstić information content (AvgIpc) is 2.71. The Morgan fingerprint density at radius 3 is 1.13 bits per heavy atom. The summed E-state index contributed by atoms with van der Waals surface area (Å²) in [5, 5.41) is 19.1. The fraction of sp³-hybridized carbons (Fsp3) is 0.926. The van der Waals surface area contributed by atoms with Crippen LogP contribution in [0.5, 0.6) is 0 Å². The van der Waals surface area contributed by atoms with Crippen LogP contribution in [0.3, 0.4) is 0 Å². The summed E-state index contributed by atoms with van der Waals surface area (Å²) in [7, 11) is 0. The molecule has 0 rings (SSSR count). The molecule has 0 aromatic heterocycles. The van der Waals surface area contributed by atoms with Crippen molar-refractivity contribution in [1.29, 1.82) is 0 Å². The van der Waals surface area contributed by atoms with Crippen LogP contribution in [0.2, 0.25) is 0 Å². The molecule has 0 radical (unpaired) electrons. The summed E-state index contributed by atoms with van der Waals surface area (Å²) < 4.78 is 0. The zero-order valence-corrected chi connectivity index (χ0v) is 20.8. The second-order valence-corrected chi connectivity index (χ2v) is 9.25. The molecular weight excluding hydrogens is 370 g/mol. The molecule has 0 spiro atoms. The van der Waals surface area contributed by atoms with E-state index in [1.54, 1.807) is 18.7 Å². The van der Waals surface area contributed by atoms with E-state index in [0.29, 0.717) is 0 Å². The summed E-state index contributed by atoms with van der Waals surface area (Å²) in [6.45, 7) is 5.64. The second kappa shape index (κ2) is 23.1. The summed E-state index contributed by atoms with van der Waals surface area (Å²) in [4.78, 5) is 1.57. The van der Waals surface area contributed by atoms with Gasteiger partial charge in [0.2, 0.25) is 0 Å². The zero-order chi connectivity index (χ0) is 22.3. The van der Waals surface area contributed by atoms with Gasteiger partial charge in [0.25, 0.3) is 0 Å². The predicted molar refractivity (Wildman–Crippen MR) is 132 cm³/mol. The molecular formula is C27H55NO2. The first-order chi connectivity index (χ1) is 14.6. The Balaban J connectivity index is 3.21. The molecule has 2 unspecified atom stereocenters. The fourth-order valence-electron chi connectivity index (χ4n) is 4.10. The first-order valence-corrected chi connectivity index (χ1v) is 13.4. The van der Waals surface area contributed by atoms with Crippen LogP contribution in [0.25, 0.3) is 0 Å². The Hall–Kier alpha value is -0.540. The van der Waals surface area contributed by atoms with Crippen molar-refractivity contribution in [1.82, 2.24) is 4.90 Å². The minimum Gasteiger partial charge on any atom is -0.374 e. The molecule has 0 saturated heterocycles. The molecule has 0 amide bonds. The topological polar surface area (TPSA) is 43.7 Å². The van der Waals surface area contributed by atoms with Crippen LogP contribution in [0.1, 0.15) is 149 Å². The van der Waals surface area contributed by atoms with Gasteiger partial charge in [-0.15, -0.1) is 0 Å². The van der Waals surface area contributed by atoms with E-state index in [9.17, 15) is 10.2 Å². The fourth-order valence-corrected chi connectivity index (χ4v) is 4.10. The molecule has 0 aliphatic rings. The highest BCUT2D eigenvalue weighted by Crippen LogP contribution is 2.15. The van der Waals surface area contributed by atoms with Crippen LogP contribution in [0.15, 0.2) is 12.3 Å². The largest absolute Gasteiger partial charge is 0.374 e. The zero-order valence-electron chi connectivity index (χ0n) is 20.8. The summed E-state index contributed by atoms with van der Waals surface area (Å²) >= 11 is 0. The van der Waals surface area contributed by atoms with Crippen molar-refractivity contribution in [3.63, 3.8) is 0 Å². The number of nitrogens with zero attached hydrogens (tertiary/aromatic N) is 1. The van der Waals surface area contributed by atoms with E-state index < -0.39 is 12.5 Å². The first kappa shape index (κ1) is 29.5. The third kappa shape index (κ3) is 20.7. The molecule has 3 nitrogen and oxygen atoms in total. The summed E-state index contributed by atoms with van der Waals surface area (Å²) in [5.41, 5.74) is 0. The molecule has 0 aromatic rings. The van der Waals surface area contributed by atoms with Gasteiger partial charge in [-0.05, 0) is 26.7 Å². The number of hydrogen-bond donors (Lipinski definition) is 2. The van der Waals surface area contributed by atoms with Gasteiger partial charge in [-0.2, -0.15) is 0 Å². The standard InChI is InChI=1S/C27H55NO2/c1-4-5-6-7-8-9-10-11-12-13-14-15-16-17-18-19-20-21-22-23-24-25-28(26(2)29)27(3)30/h24-27,29-30H,4-23H2,1-3H3. The second-order valence-electron chi connectivity index (χ2n) is 9.25. The third-order valence-corrected chi connectivity index (χ3v) is 6.11. The predicted octanol–water partition coefficient (Wildman–Crippen LogP) is 8.30. The van der Waals surface area contributed by atoms with Gasteiger partial charge in [0.1, 0.15) is 12.5 Å². The monoisotopic (exact) mass is 425 g/mol. The number of hydrogen-bond acceptors (Lipinski definition) is 3. The number of allylic oxidation sites excluding steroid dienone is 1. The van der Waals surface area contributed by atoms with Crippen molar-refractivity contribution >= 4 is 0 Å². The van der Waals surface area contributed by atoms with E-state index in [-0.39, 0.29) is 0 Å². The maximum absolute atomic E-state index is 9.56. The van der Waals surface area contributed by atoms with Crippen molar-refractivity contribution in [2.45, 2.75) is 162 Å². The highest BCUT2D eigenvalue weighted by molar-refractivity contribution is 4.83. The molecule has 180 valence electrons. The smallest absolute Gasteiger partial charge is 0.125 e. The molecule has 2 atom stereocenters. The Labute approximate surface area is 189 Å². The lowest BCUT2D eigenvalue weighted by Gasteiger charge is -2.26. The lowest BCUT2D eigenvalue weighted by Crippen LogP contribution is -2.35. The van der Waals surface area contributed by atoms with Crippen LogP contribution in [0.4, 0.5) is 0 Å². The number of aliphatic hydroxyl groups excluding tert-OH is 2. The third-order valence-electron chi connectivity index (χ3n) is 6.11. The molecule has 0 aromatic carbocycles. The maximum atomic E-state index is 9.56. The molecule has 0 fully saturated rings. The first-order valence-electron chi connectivity index (χ1n) is 13.4. The van der Waals surface area contributed by atoms with E-state index >= 15 is 0 Å². The molecule has 30 heavy (non-hydrogen) atoms. The van der Waals surface area contributed by atoms with Crippen LogP contribution < -0.4 is 0 Å². The Bertz CT molecular complexity index is 347. The Morgan fingerprint density at radius 2 is 0.833 bits per heavy atom. The van der Waals surface area contributed by atoms with Gasteiger partial charge in [-0.1, -0.05) is 129 Å². The van der Waals surface area contributed by atoms with Gasteiger partial charge in [-0.3, -0.25) is 0 Å². The number of rotatable bonds is 23. The van der Waals surface area contributed by atoms with Crippen molar-refractivity contribution in [3.8, 4) is 0 Å². The molecule has 0 bridgehead atoms. The van der Waals surface area contributed by atoms with Crippen LogP contribution in [0, 0.1) is 0 Å².